The Kier molecular flexibility index (Phi) is 8.32. The Morgan fingerprint density at radius 3 is 2.40 bits per heavy atom. The van der Waals surface area contributed by atoms with Crippen LogP contribution < -0.4 is 14.8 Å². The Balaban J connectivity index is 2.45. The van der Waals surface area contributed by atoms with E-state index in [1.54, 1.807) is 12.1 Å². The first kappa shape index (κ1) is 20.9. The molecule has 1 unspecified atom stereocenters. The summed E-state index contributed by atoms with van der Waals surface area (Å²) in [5.41, 5.74) is 0. The zero-order valence-electron chi connectivity index (χ0n) is 14.0. The van der Waals surface area contributed by atoms with Gasteiger partial charge in [-0.25, -0.2) is 17.9 Å². The van der Waals surface area contributed by atoms with Gasteiger partial charge in [0.1, 0.15) is 5.75 Å². The average molecular weight is 374 g/mol. The molecule has 3 N–H and O–H groups in total. The fourth-order valence-corrected chi connectivity index (χ4v) is 2.86. The number of carbonyl (C=O) groups is 2. The Morgan fingerprint density at radius 2 is 1.88 bits per heavy atom. The molecule has 1 rings (SSSR count). The highest BCUT2D eigenvalue weighted by molar-refractivity contribution is 7.89. The smallest absolute Gasteiger partial charge is 0.334 e. The molecule has 0 saturated heterocycles. The highest BCUT2D eigenvalue weighted by Gasteiger charge is 2.18. The maximum absolute atomic E-state index is 12.1. The molecule has 1 amide bonds. The Bertz CT molecular complexity index is 674. The van der Waals surface area contributed by atoms with Crippen molar-refractivity contribution in [2.24, 2.45) is 0 Å². The predicted octanol–water partition coefficient (Wildman–Crippen LogP) is -0.0305. The second-order valence-corrected chi connectivity index (χ2v) is 6.69. The molecule has 9 nitrogen and oxygen atoms in total. The van der Waals surface area contributed by atoms with Gasteiger partial charge in [-0.2, -0.15) is 0 Å². The average Bonchev–Trinajstić information content (AvgIpc) is 2.55. The summed E-state index contributed by atoms with van der Waals surface area (Å²) in [4.78, 5) is 22.4. The van der Waals surface area contributed by atoms with Crippen LogP contribution in [0.25, 0.3) is 0 Å². The normalized spacial score (nSPS) is 12.4. The molecular formula is C15H22N2O7S. The van der Waals surface area contributed by atoms with Crippen molar-refractivity contribution in [3.8, 4) is 5.75 Å². The van der Waals surface area contributed by atoms with Crippen molar-refractivity contribution in [1.82, 2.24) is 10.0 Å². The number of ether oxygens (including phenoxy) is 2. The number of carbonyl (C=O) groups excluding carboxylic acids is 1. The second kappa shape index (κ2) is 9.97. The lowest BCUT2D eigenvalue weighted by atomic mass is 10.3. The largest absolute Gasteiger partial charge is 0.494 e. The molecule has 1 aromatic rings. The van der Waals surface area contributed by atoms with Crippen molar-refractivity contribution in [2.75, 3.05) is 26.8 Å². The van der Waals surface area contributed by atoms with Crippen LogP contribution in [0.1, 0.15) is 13.3 Å². The van der Waals surface area contributed by atoms with E-state index in [0.717, 1.165) is 0 Å². The first-order valence-corrected chi connectivity index (χ1v) is 9.03. The van der Waals surface area contributed by atoms with E-state index in [4.69, 9.17) is 9.84 Å². The summed E-state index contributed by atoms with van der Waals surface area (Å²) in [6, 6.07) is 5.90. The number of carboxylic acids is 1. The molecule has 0 saturated carbocycles. The Morgan fingerprint density at radius 1 is 1.24 bits per heavy atom. The molecule has 0 radical (unpaired) electrons. The summed E-state index contributed by atoms with van der Waals surface area (Å²) in [5.74, 6) is -1.12. The van der Waals surface area contributed by atoms with Crippen molar-refractivity contribution in [3.63, 3.8) is 0 Å². The first-order valence-electron chi connectivity index (χ1n) is 7.55. The van der Waals surface area contributed by atoms with E-state index in [1.165, 1.54) is 19.2 Å². The maximum Gasteiger partial charge on any atom is 0.334 e. The summed E-state index contributed by atoms with van der Waals surface area (Å²) in [7, 11) is -2.52. The van der Waals surface area contributed by atoms with Crippen LogP contribution in [0.15, 0.2) is 29.2 Å². The van der Waals surface area contributed by atoms with Crippen molar-refractivity contribution in [2.45, 2.75) is 24.3 Å². The minimum atomic E-state index is -3.74. The number of amides is 1. The second-order valence-electron chi connectivity index (χ2n) is 4.92. The summed E-state index contributed by atoms with van der Waals surface area (Å²) < 4.78 is 36.4. The van der Waals surface area contributed by atoms with Crippen LogP contribution in [0.4, 0.5) is 0 Å². The lowest BCUT2D eigenvalue weighted by molar-refractivity contribution is -0.148. The van der Waals surface area contributed by atoms with Crippen molar-refractivity contribution in [1.29, 1.82) is 0 Å². The van der Waals surface area contributed by atoms with E-state index in [-0.39, 0.29) is 24.4 Å². The van der Waals surface area contributed by atoms with E-state index in [0.29, 0.717) is 12.4 Å². The van der Waals surface area contributed by atoms with Gasteiger partial charge in [-0.1, -0.05) is 0 Å². The zero-order chi connectivity index (χ0) is 18.9. The highest BCUT2D eigenvalue weighted by atomic mass is 32.2. The van der Waals surface area contributed by atoms with Gasteiger partial charge < -0.3 is 19.9 Å². The van der Waals surface area contributed by atoms with Crippen molar-refractivity contribution < 1.29 is 32.6 Å². The summed E-state index contributed by atoms with van der Waals surface area (Å²) in [5, 5.41) is 11.1. The van der Waals surface area contributed by atoms with E-state index in [1.807, 2.05) is 6.92 Å². The Labute approximate surface area is 146 Å². The van der Waals surface area contributed by atoms with Gasteiger partial charge in [0.25, 0.3) is 0 Å². The van der Waals surface area contributed by atoms with Gasteiger partial charge in [-0.3, -0.25) is 4.79 Å². The van der Waals surface area contributed by atoms with Gasteiger partial charge in [-0.15, -0.1) is 0 Å². The number of benzene rings is 1. The maximum atomic E-state index is 12.1. The summed E-state index contributed by atoms with van der Waals surface area (Å²) in [6.45, 7) is 1.98. The van der Waals surface area contributed by atoms with Crippen molar-refractivity contribution in [3.05, 3.63) is 24.3 Å². The lowest BCUT2D eigenvalue weighted by Gasteiger charge is -2.12. The van der Waals surface area contributed by atoms with Crippen LogP contribution in [-0.2, 0) is 24.3 Å². The van der Waals surface area contributed by atoms with E-state index in [9.17, 15) is 18.0 Å². The molecule has 140 valence electrons. The lowest BCUT2D eigenvalue weighted by Crippen LogP contribution is -2.39. The molecule has 0 bridgehead atoms. The molecule has 0 aliphatic heterocycles. The topological polar surface area (TPSA) is 131 Å². The van der Waals surface area contributed by atoms with Gasteiger partial charge in [0.2, 0.25) is 15.9 Å². The van der Waals surface area contributed by atoms with Crippen LogP contribution in [-0.4, -0.2) is 58.3 Å². The molecule has 0 fully saturated rings. The Hall–Kier alpha value is -2.17. The van der Waals surface area contributed by atoms with E-state index >= 15 is 0 Å². The van der Waals surface area contributed by atoms with Crippen LogP contribution in [0.3, 0.4) is 0 Å². The van der Waals surface area contributed by atoms with Crippen LogP contribution in [0.5, 0.6) is 5.75 Å². The van der Waals surface area contributed by atoms with Crippen LogP contribution >= 0.6 is 0 Å². The monoisotopic (exact) mass is 374 g/mol. The number of hydrogen-bond acceptors (Lipinski definition) is 6. The summed E-state index contributed by atoms with van der Waals surface area (Å²) >= 11 is 0. The number of aliphatic carboxylic acids is 1. The third-order valence-corrected chi connectivity index (χ3v) is 4.61. The molecule has 25 heavy (non-hydrogen) atoms. The highest BCUT2D eigenvalue weighted by Crippen LogP contribution is 2.15. The van der Waals surface area contributed by atoms with Crippen molar-refractivity contribution >= 4 is 21.9 Å². The molecule has 0 aromatic heterocycles. The van der Waals surface area contributed by atoms with Gasteiger partial charge >= 0.3 is 5.97 Å². The molecule has 0 aliphatic rings. The van der Waals surface area contributed by atoms with Crippen LogP contribution in [0.2, 0.25) is 0 Å². The SMILES string of the molecule is CCOc1ccc(S(=O)(=O)NCCC(=O)NCC(OC)C(=O)O)cc1. The molecule has 0 heterocycles. The van der Waals surface area contributed by atoms with Crippen LogP contribution in [0, 0.1) is 0 Å². The van der Waals surface area contributed by atoms with Gasteiger partial charge in [0.05, 0.1) is 18.0 Å². The zero-order valence-corrected chi connectivity index (χ0v) is 14.8. The molecular weight excluding hydrogens is 352 g/mol. The van der Waals surface area contributed by atoms with Gasteiger partial charge in [0.15, 0.2) is 6.10 Å². The third-order valence-electron chi connectivity index (χ3n) is 3.13. The number of nitrogens with one attached hydrogen (secondary N) is 2. The van der Waals surface area contributed by atoms with Gasteiger partial charge in [-0.05, 0) is 31.2 Å². The number of sulfonamides is 1. The molecule has 0 spiro atoms. The molecule has 1 aromatic carbocycles. The molecule has 0 aliphatic carbocycles. The van der Waals surface area contributed by atoms with E-state index in [2.05, 4.69) is 14.8 Å². The number of rotatable bonds is 11. The number of methoxy groups -OCH3 is 1. The summed E-state index contributed by atoms with van der Waals surface area (Å²) in [6.07, 6.45) is -1.28. The predicted molar refractivity (Wildman–Crippen MR) is 88.9 cm³/mol. The first-order chi connectivity index (χ1) is 11.8. The van der Waals surface area contributed by atoms with Gasteiger partial charge in [0, 0.05) is 20.1 Å². The number of carboxylic acid groups (broad SMARTS) is 1. The quantitative estimate of drug-likeness (QED) is 0.496. The van der Waals surface area contributed by atoms with E-state index < -0.39 is 28.0 Å². The fraction of sp³-hybridized carbons (Fsp3) is 0.467. The molecule has 10 heteroatoms. The number of hydrogen-bond donors (Lipinski definition) is 3. The third kappa shape index (κ3) is 7.08. The standard InChI is InChI=1S/C15H22N2O7S/c1-3-24-11-4-6-12(7-5-11)25(21,22)17-9-8-14(18)16-10-13(23-2)15(19)20/h4-7,13,17H,3,8-10H2,1-2H3,(H,16,18)(H,19,20). The fourth-order valence-electron chi connectivity index (χ4n) is 1.83. The molecule has 1 atom stereocenters. The minimum Gasteiger partial charge on any atom is -0.494 e. The minimum absolute atomic E-state index is 0.0571.